The molecule has 0 heteroatoms. The van der Waals surface area contributed by atoms with Gasteiger partial charge in [0.15, 0.2) is 0 Å². The van der Waals surface area contributed by atoms with Gasteiger partial charge in [-0.1, -0.05) is 57.2 Å². The van der Waals surface area contributed by atoms with Gasteiger partial charge in [0.25, 0.3) is 0 Å². The quantitative estimate of drug-likeness (QED) is 0.351. The van der Waals surface area contributed by atoms with Crippen LogP contribution < -0.4 is 0 Å². The van der Waals surface area contributed by atoms with Crippen LogP contribution in [0.5, 0.6) is 0 Å². The van der Waals surface area contributed by atoms with E-state index in [9.17, 15) is 0 Å². The van der Waals surface area contributed by atoms with Gasteiger partial charge >= 0.3 is 0 Å². The average Bonchev–Trinajstić information content (AvgIpc) is 2.79. The molecule has 0 aromatic heterocycles. The number of fused-ring (bicyclic) bond motifs is 3. The van der Waals surface area contributed by atoms with Crippen molar-refractivity contribution in [3.63, 3.8) is 0 Å². The first-order valence-corrected chi connectivity index (χ1v) is 8.06. The molecule has 1 aliphatic rings. The third-order valence-corrected chi connectivity index (χ3v) is 5.16. The standard InChI is InChI=1S/C22H22/c1-13-11-20-17-10-9-15(22(3,4)5)12-19(17)18-8-6-7-16(14(13)2)21(18)20/h6-12H,1-5H3. The molecule has 0 radical (unpaired) electrons. The van der Waals surface area contributed by atoms with Crippen molar-refractivity contribution >= 4 is 10.8 Å². The molecule has 0 saturated heterocycles. The van der Waals surface area contributed by atoms with Crippen LogP contribution in [0.2, 0.25) is 0 Å². The van der Waals surface area contributed by atoms with E-state index in [0.29, 0.717) is 0 Å². The summed E-state index contributed by atoms with van der Waals surface area (Å²) in [6.45, 7) is 11.3. The average molecular weight is 286 g/mol. The van der Waals surface area contributed by atoms with E-state index >= 15 is 0 Å². The first-order chi connectivity index (χ1) is 10.4. The zero-order valence-corrected chi connectivity index (χ0v) is 14.0. The molecular formula is C22H22. The normalized spacial score (nSPS) is 12.8. The molecule has 0 atom stereocenters. The maximum Gasteiger partial charge on any atom is -0.00235 e. The van der Waals surface area contributed by atoms with Crippen LogP contribution in [-0.4, -0.2) is 0 Å². The predicted octanol–water partition coefficient (Wildman–Crippen LogP) is 6.40. The summed E-state index contributed by atoms with van der Waals surface area (Å²) in [6.07, 6.45) is 0. The number of aryl methyl sites for hydroxylation is 2. The van der Waals surface area contributed by atoms with Gasteiger partial charge in [-0.25, -0.2) is 0 Å². The third-order valence-electron chi connectivity index (χ3n) is 5.16. The molecular weight excluding hydrogens is 264 g/mol. The number of rotatable bonds is 0. The van der Waals surface area contributed by atoms with Crippen LogP contribution in [0.3, 0.4) is 0 Å². The fourth-order valence-electron chi connectivity index (χ4n) is 3.67. The first-order valence-electron chi connectivity index (χ1n) is 8.06. The van der Waals surface area contributed by atoms with E-state index in [0.717, 1.165) is 0 Å². The second-order valence-corrected chi connectivity index (χ2v) is 7.60. The van der Waals surface area contributed by atoms with Crippen LogP contribution in [-0.2, 0) is 5.41 Å². The molecule has 0 aliphatic heterocycles. The maximum absolute atomic E-state index is 2.40. The lowest BCUT2D eigenvalue weighted by Gasteiger charge is -2.20. The molecule has 110 valence electrons. The van der Waals surface area contributed by atoms with E-state index in [2.05, 4.69) is 77.1 Å². The van der Waals surface area contributed by atoms with Gasteiger partial charge in [0.05, 0.1) is 0 Å². The molecule has 1 aliphatic carbocycles. The largest absolute Gasteiger partial charge is 0.0610 e. The predicted molar refractivity (Wildman–Crippen MR) is 96.6 cm³/mol. The van der Waals surface area contributed by atoms with Gasteiger partial charge in [-0.3, -0.25) is 0 Å². The molecule has 0 amide bonds. The molecule has 0 fully saturated rings. The molecule has 0 saturated carbocycles. The minimum absolute atomic E-state index is 0.184. The van der Waals surface area contributed by atoms with Crippen LogP contribution >= 0.6 is 0 Å². The van der Waals surface area contributed by atoms with Gasteiger partial charge in [-0.2, -0.15) is 0 Å². The summed E-state index contributed by atoms with van der Waals surface area (Å²) < 4.78 is 0. The van der Waals surface area contributed by atoms with E-state index in [-0.39, 0.29) is 5.41 Å². The van der Waals surface area contributed by atoms with E-state index in [1.807, 2.05) is 0 Å². The molecule has 0 heterocycles. The number of hydrogen-bond donors (Lipinski definition) is 0. The fraction of sp³-hybridized carbons (Fsp3) is 0.273. The van der Waals surface area contributed by atoms with Crippen LogP contribution in [0, 0.1) is 13.8 Å². The van der Waals surface area contributed by atoms with Crippen LogP contribution in [0.4, 0.5) is 0 Å². The van der Waals surface area contributed by atoms with Crippen LogP contribution in [0.25, 0.3) is 33.0 Å². The Morgan fingerprint density at radius 2 is 1.50 bits per heavy atom. The summed E-state index contributed by atoms with van der Waals surface area (Å²) in [4.78, 5) is 0. The van der Waals surface area contributed by atoms with Gasteiger partial charge in [-0.15, -0.1) is 0 Å². The van der Waals surface area contributed by atoms with Gasteiger partial charge in [-0.05, 0) is 75.0 Å². The van der Waals surface area contributed by atoms with Crippen molar-refractivity contribution in [1.29, 1.82) is 0 Å². The lowest BCUT2D eigenvalue weighted by Crippen LogP contribution is -2.10. The zero-order valence-electron chi connectivity index (χ0n) is 14.0. The summed E-state index contributed by atoms with van der Waals surface area (Å²) in [5.74, 6) is 0. The Labute approximate surface area is 132 Å². The summed E-state index contributed by atoms with van der Waals surface area (Å²) >= 11 is 0. The topological polar surface area (TPSA) is 0 Å². The van der Waals surface area contributed by atoms with Crippen molar-refractivity contribution in [1.82, 2.24) is 0 Å². The Bertz CT molecular complexity index is 921. The SMILES string of the molecule is Cc1cc2c3c(cccc3c1C)-c1cc(C(C)(C)C)ccc1-2. The maximum atomic E-state index is 2.40. The van der Waals surface area contributed by atoms with Crippen molar-refractivity contribution < 1.29 is 0 Å². The molecule has 3 aromatic carbocycles. The van der Waals surface area contributed by atoms with E-state index in [4.69, 9.17) is 0 Å². The molecule has 4 rings (SSSR count). The van der Waals surface area contributed by atoms with Gasteiger partial charge < -0.3 is 0 Å². The van der Waals surface area contributed by atoms with Gasteiger partial charge in [0.1, 0.15) is 0 Å². The molecule has 0 N–H and O–H groups in total. The molecule has 0 unspecified atom stereocenters. The van der Waals surface area contributed by atoms with Crippen molar-refractivity contribution in [2.75, 3.05) is 0 Å². The number of benzene rings is 3. The minimum Gasteiger partial charge on any atom is -0.0610 e. The summed E-state index contributed by atoms with van der Waals surface area (Å²) in [5, 5.41) is 2.84. The summed E-state index contributed by atoms with van der Waals surface area (Å²) in [6, 6.07) is 16.1. The lowest BCUT2D eigenvalue weighted by molar-refractivity contribution is 0.590. The third kappa shape index (κ3) is 1.70. The second-order valence-electron chi connectivity index (χ2n) is 7.60. The number of hydrogen-bond acceptors (Lipinski definition) is 0. The molecule has 3 aromatic rings. The van der Waals surface area contributed by atoms with Crippen molar-refractivity contribution in [2.24, 2.45) is 0 Å². The Morgan fingerprint density at radius 1 is 0.727 bits per heavy atom. The summed E-state index contributed by atoms with van der Waals surface area (Å²) in [5.41, 5.74) is 9.98. The van der Waals surface area contributed by atoms with Gasteiger partial charge in [0.2, 0.25) is 0 Å². The Kier molecular flexibility index (Phi) is 2.61. The summed E-state index contributed by atoms with van der Waals surface area (Å²) in [7, 11) is 0. The van der Waals surface area contributed by atoms with Crippen LogP contribution in [0.1, 0.15) is 37.5 Å². The van der Waals surface area contributed by atoms with Crippen molar-refractivity contribution in [3.8, 4) is 22.3 Å². The van der Waals surface area contributed by atoms with Crippen molar-refractivity contribution in [2.45, 2.75) is 40.0 Å². The van der Waals surface area contributed by atoms with E-state index in [1.165, 1.54) is 49.7 Å². The molecule has 0 bridgehead atoms. The Hall–Kier alpha value is -2.08. The monoisotopic (exact) mass is 286 g/mol. The highest BCUT2D eigenvalue weighted by molar-refractivity contribution is 6.16. The smallest absolute Gasteiger partial charge is 0.00235 e. The highest BCUT2D eigenvalue weighted by Crippen LogP contribution is 2.49. The Morgan fingerprint density at radius 3 is 2.23 bits per heavy atom. The highest BCUT2D eigenvalue weighted by atomic mass is 14.3. The Balaban J connectivity index is 2.12. The zero-order chi connectivity index (χ0) is 15.6. The van der Waals surface area contributed by atoms with E-state index in [1.54, 1.807) is 0 Å². The highest BCUT2D eigenvalue weighted by Gasteiger charge is 2.24. The fourth-order valence-corrected chi connectivity index (χ4v) is 3.67. The minimum atomic E-state index is 0.184. The second kappa shape index (κ2) is 4.23. The first kappa shape index (κ1) is 13.6. The lowest BCUT2D eigenvalue weighted by atomic mass is 9.85. The van der Waals surface area contributed by atoms with Gasteiger partial charge in [0, 0.05) is 0 Å². The molecule has 22 heavy (non-hydrogen) atoms. The van der Waals surface area contributed by atoms with Crippen LogP contribution in [0.15, 0.2) is 42.5 Å². The van der Waals surface area contributed by atoms with Crippen molar-refractivity contribution in [3.05, 3.63) is 59.2 Å². The van der Waals surface area contributed by atoms with E-state index < -0.39 is 0 Å². The molecule has 0 spiro atoms. The molecule has 0 nitrogen and oxygen atoms in total.